The number of methoxy groups -OCH3 is 1. The molecule has 0 aliphatic carbocycles. The summed E-state index contributed by atoms with van der Waals surface area (Å²) in [6, 6.07) is 0. The number of ether oxygens (including phenoxy) is 2. The molecule has 5 heteroatoms. The van der Waals surface area contributed by atoms with E-state index in [0.717, 1.165) is 0 Å². The average molecular weight is 146 g/mol. The van der Waals surface area contributed by atoms with Gasteiger partial charge in [0.25, 0.3) is 0 Å². The van der Waals surface area contributed by atoms with E-state index in [1.165, 1.54) is 7.11 Å². The maximum atomic E-state index is 10.2. The first-order chi connectivity index (χ1) is 4.66. The molecule has 0 unspecified atom stereocenters. The molecule has 0 aromatic carbocycles. The van der Waals surface area contributed by atoms with Gasteiger partial charge < -0.3 is 15.2 Å². The summed E-state index contributed by atoms with van der Waals surface area (Å²) in [7, 11) is 1.22. The quantitative estimate of drug-likeness (QED) is 0.336. The molecule has 0 spiro atoms. The van der Waals surface area contributed by atoms with Gasteiger partial charge in [-0.05, 0) is 0 Å². The standard InChI is InChI=1S/C5H10N2O3/c1-9-5(8)10-3-2-4(6)7/h2-3H2,1H3,(H3,6,7). The van der Waals surface area contributed by atoms with Crippen LogP contribution in [0, 0.1) is 5.41 Å². The minimum atomic E-state index is -0.749. The van der Waals surface area contributed by atoms with E-state index in [4.69, 9.17) is 11.1 Å². The van der Waals surface area contributed by atoms with Crippen molar-refractivity contribution in [1.29, 1.82) is 5.41 Å². The molecule has 0 aliphatic rings. The fourth-order valence-corrected chi connectivity index (χ4v) is 0.303. The number of amidine groups is 1. The fraction of sp³-hybridized carbons (Fsp3) is 0.600. The molecule has 0 saturated carbocycles. The van der Waals surface area contributed by atoms with Gasteiger partial charge in [-0.1, -0.05) is 0 Å². The van der Waals surface area contributed by atoms with Crippen LogP contribution in [0.15, 0.2) is 0 Å². The lowest BCUT2D eigenvalue weighted by atomic mass is 10.4. The van der Waals surface area contributed by atoms with Gasteiger partial charge in [-0.25, -0.2) is 4.79 Å². The predicted octanol–water partition coefficient (Wildman–Crippen LogP) is 0.0955. The van der Waals surface area contributed by atoms with Gasteiger partial charge in [-0.15, -0.1) is 0 Å². The Morgan fingerprint density at radius 1 is 1.70 bits per heavy atom. The molecule has 0 heterocycles. The van der Waals surface area contributed by atoms with Gasteiger partial charge in [0.15, 0.2) is 0 Å². The highest BCUT2D eigenvalue weighted by Gasteiger charge is 1.98. The van der Waals surface area contributed by atoms with Crippen molar-refractivity contribution in [2.45, 2.75) is 6.42 Å². The summed E-state index contributed by atoms with van der Waals surface area (Å²) in [5, 5.41) is 6.74. The van der Waals surface area contributed by atoms with E-state index in [2.05, 4.69) is 9.47 Å². The number of nitrogens with two attached hydrogens (primary N) is 1. The fourth-order valence-electron chi connectivity index (χ4n) is 0.303. The first kappa shape index (κ1) is 8.74. The highest BCUT2D eigenvalue weighted by Crippen LogP contribution is 1.84. The summed E-state index contributed by atoms with van der Waals surface area (Å²) in [5.41, 5.74) is 4.97. The summed E-state index contributed by atoms with van der Waals surface area (Å²) >= 11 is 0. The van der Waals surface area contributed by atoms with Crippen LogP contribution in [0.5, 0.6) is 0 Å². The molecule has 0 aliphatic heterocycles. The van der Waals surface area contributed by atoms with E-state index in [-0.39, 0.29) is 18.9 Å². The van der Waals surface area contributed by atoms with Crippen molar-refractivity contribution in [1.82, 2.24) is 0 Å². The number of hydrogen-bond donors (Lipinski definition) is 2. The first-order valence-electron chi connectivity index (χ1n) is 2.70. The second-order valence-corrected chi connectivity index (χ2v) is 1.58. The average Bonchev–Trinajstić information content (AvgIpc) is 1.87. The molecule has 3 N–H and O–H groups in total. The molecule has 0 amide bonds. The van der Waals surface area contributed by atoms with E-state index >= 15 is 0 Å². The molecule has 58 valence electrons. The van der Waals surface area contributed by atoms with Crippen molar-refractivity contribution in [3.05, 3.63) is 0 Å². The highest BCUT2D eigenvalue weighted by molar-refractivity contribution is 5.77. The van der Waals surface area contributed by atoms with Crippen LogP contribution in [0.4, 0.5) is 4.79 Å². The molecule has 0 saturated heterocycles. The topological polar surface area (TPSA) is 85.4 Å². The van der Waals surface area contributed by atoms with Crippen molar-refractivity contribution in [3.63, 3.8) is 0 Å². The SMILES string of the molecule is COC(=O)OCCC(=N)N. The molecule has 5 nitrogen and oxygen atoms in total. The summed E-state index contributed by atoms with van der Waals surface area (Å²) in [4.78, 5) is 10.2. The largest absolute Gasteiger partial charge is 0.507 e. The second kappa shape index (κ2) is 4.60. The molecule has 0 aromatic rings. The molecule has 0 fully saturated rings. The number of hydrogen-bond acceptors (Lipinski definition) is 4. The van der Waals surface area contributed by atoms with Crippen molar-refractivity contribution in [2.75, 3.05) is 13.7 Å². The van der Waals surface area contributed by atoms with Gasteiger partial charge in [0.05, 0.1) is 12.9 Å². The van der Waals surface area contributed by atoms with E-state index in [1.54, 1.807) is 0 Å². The molecule has 0 radical (unpaired) electrons. The Labute approximate surface area is 58.6 Å². The summed E-state index contributed by atoms with van der Waals surface area (Å²) < 4.78 is 8.58. The normalized spacial score (nSPS) is 8.50. The molecule has 0 atom stereocenters. The van der Waals surface area contributed by atoms with Crippen LogP contribution in [-0.4, -0.2) is 25.7 Å². The van der Waals surface area contributed by atoms with Crippen LogP contribution in [-0.2, 0) is 9.47 Å². The van der Waals surface area contributed by atoms with Crippen molar-refractivity contribution >= 4 is 12.0 Å². The first-order valence-corrected chi connectivity index (χ1v) is 2.70. The second-order valence-electron chi connectivity index (χ2n) is 1.58. The van der Waals surface area contributed by atoms with E-state index in [0.29, 0.717) is 0 Å². The van der Waals surface area contributed by atoms with Crippen LogP contribution in [0.3, 0.4) is 0 Å². The zero-order valence-electron chi connectivity index (χ0n) is 5.72. The molecule has 10 heavy (non-hydrogen) atoms. The Kier molecular flexibility index (Phi) is 4.02. The zero-order valence-corrected chi connectivity index (χ0v) is 5.72. The highest BCUT2D eigenvalue weighted by atomic mass is 16.7. The monoisotopic (exact) mass is 146 g/mol. The Balaban J connectivity index is 3.20. The predicted molar refractivity (Wildman–Crippen MR) is 34.9 cm³/mol. The van der Waals surface area contributed by atoms with E-state index in [9.17, 15) is 4.79 Å². The minimum absolute atomic E-state index is 0.0103. The van der Waals surface area contributed by atoms with E-state index in [1.807, 2.05) is 0 Å². The smallest absolute Gasteiger partial charge is 0.438 e. The molecule has 0 aromatic heterocycles. The van der Waals surface area contributed by atoms with Crippen molar-refractivity contribution < 1.29 is 14.3 Å². The lowest BCUT2D eigenvalue weighted by Gasteiger charge is -2.00. The summed E-state index contributed by atoms with van der Waals surface area (Å²) in [5.74, 6) is -0.0103. The number of carbonyl (C=O) groups excluding carboxylic acids is 1. The van der Waals surface area contributed by atoms with Gasteiger partial charge in [0.2, 0.25) is 0 Å². The number of nitrogens with one attached hydrogen (secondary N) is 1. The van der Waals surface area contributed by atoms with Gasteiger partial charge in [-0.3, -0.25) is 5.41 Å². The third kappa shape index (κ3) is 4.89. The minimum Gasteiger partial charge on any atom is -0.438 e. The lowest BCUT2D eigenvalue weighted by molar-refractivity contribution is 0.0749. The maximum Gasteiger partial charge on any atom is 0.507 e. The van der Waals surface area contributed by atoms with Gasteiger partial charge >= 0.3 is 6.16 Å². The van der Waals surface area contributed by atoms with Crippen LogP contribution >= 0.6 is 0 Å². The van der Waals surface area contributed by atoms with Gasteiger partial charge in [-0.2, -0.15) is 0 Å². The van der Waals surface area contributed by atoms with E-state index < -0.39 is 6.16 Å². The maximum absolute atomic E-state index is 10.2. The molecule has 0 rings (SSSR count). The van der Waals surface area contributed by atoms with Crippen LogP contribution < -0.4 is 5.73 Å². The van der Waals surface area contributed by atoms with Crippen molar-refractivity contribution in [2.24, 2.45) is 5.73 Å². The van der Waals surface area contributed by atoms with Gasteiger partial charge in [0.1, 0.15) is 6.61 Å². The third-order valence-electron chi connectivity index (χ3n) is 0.758. The number of rotatable bonds is 3. The van der Waals surface area contributed by atoms with Crippen LogP contribution in [0.2, 0.25) is 0 Å². The molecular formula is C5H10N2O3. The van der Waals surface area contributed by atoms with Crippen LogP contribution in [0.25, 0.3) is 0 Å². The Hall–Kier alpha value is -1.26. The Morgan fingerprint density at radius 3 is 2.70 bits per heavy atom. The summed E-state index contributed by atoms with van der Waals surface area (Å²) in [6.07, 6.45) is -0.504. The zero-order chi connectivity index (χ0) is 7.98. The van der Waals surface area contributed by atoms with Crippen LogP contribution in [0.1, 0.15) is 6.42 Å². The molecular weight excluding hydrogens is 136 g/mol. The van der Waals surface area contributed by atoms with Crippen molar-refractivity contribution in [3.8, 4) is 0 Å². The molecule has 0 bridgehead atoms. The summed E-state index contributed by atoms with van der Waals surface area (Å²) in [6.45, 7) is 0.0992. The third-order valence-corrected chi connectivity index (χ3v) is 0.758. The lowest BCUT2D eigenvalue weighted by Crippen LogP contribution is -2.14. The van der Waals surface area contributed by atoms with Gasteiger partial charge in [0, 0.05) is 6.42 Å². The Morgan fingerprint density at radius 2 is 2.30 bits per heavy atom. The number of carbonyl (C=O) groups is 1. The Bertz CT molecular complexity index is 135.